The van der Waals surface area contributed by atoms with Crippen molar-refractivity contribution in [3.63, 3.8) is 0 Å². The molecule has 14 heavy (non-hydrogen) atoms. The summed E-state index contributed by atoms with van der Waals surface area (Å²) in [6, 6.07) is 0. The second-order valence-corrected chi connectivity index (χ2v) is 4.53. The number of aliphatic hydroxyl groups excluding tert-OH is 4. The van der Waals surface area contributed by atoms with E-state index in [1.807, 2.05) is 6.92 Å². The molecule has 4 N–H and O–H groups in total. The zero-order valence-electron chi connectivity index (χ0n) is 7.91. The smallest absolute Gasteiger partial charge is 0.132 e. The van der Waals surface area contributed by atoms with E-state index in [9.17, 15) is 15.3 Å². The monoisotopic (exact) mass is 224 g/mol. The minimum absolute atomic E-state index is 0.369. The average Bonchev–Trinajstić information content (AvgIpc) is 2.19. The molecule has 84 valence electrons. The van der Waals surface area contributed by atoms with Gasteiger partial charge >= 0.3 is 0 Å². The summed E-state index contributed by atoms with van der Waals surface area (Å²) < 4.78 is 5.22. The Labute approximate surface area is 86.7 Å². The van der Waals surface area contributed by atoms with Gasteiger partial charge in [0, 0.05) is 0 Å². The molecule has 1 saturated heterocycles. The normalized spacial score (nSPS) is 43.9. The number of hydrogen-bond acceptors (Lipinski definition) is 6. The summed E-state index contributed by atoms with van der Waals surface area (Å²) in [7, 11) is 0. The molecule has 5 nitrogen and oxygen atoms in total. The largest absolute Gasteiger partial charge is 0.394 e. The first-order valence-corrected chi connectivity index (χ1v) is 5.58. The Hall–Kier alpha value is 0.150. The van der Waals surface area contributed by atoms with E-state index in [2.05, 4.69) is 0 Å². The van der Waals surface area contributed by atoms with Crippen LogP contribution < -0.4 is 0 Å². The second-order valence-electron chi connectivity index (χ2n) is 3.15. The van der Waals surface area contributed by atoms with Crippen LogP contribution in [0.3, 0.4) is 0 Å². The Bertz CT molecular complexity index is 175. The highest BCUT2D eigenvalue weighted by Gasteiger charge is 2.43. The lowest BCUT2D eigenvalue weighted by Crippen LogP contribution is -2.57. The Kier molecular flexibility index (Phi) is 4.62. The van der Waals surface area contributed by atoms with Crippen molar-refractivity contribution in [3.05, 3.63) is 0 Å². The summed E-state index contributed by atoms with van der Waals surface area (Å²) in [4.78, 5) is 0. The molecular weight excluding hydrogens is 208 g/mol. The molecule has 0 radical (unpaired) electrons. The first-order valence-electron chi connectivity index (χ1n) is 4.54. The number of aliphatic hydroxyl groups is 4. The molecule has 0 spiro atoms. The average molecular weight is 224 g/mol. The molecule has 2 unspecified atom stereocenters. The van der Waals surface area contributed by atoms with Crippen LogP contribution in [-0.4, -0.2) is 62.6 Å². The van der Waals surface area contributed by atoms with Crippen LogP contribution in [0.5, 0.6) is 0 Å². The zero-order valence-corrected chi connectivity index (χ0v) is 8.72. The van der Waals surface area contributed by atoms with Crippen molar-refractivity contribution < 1.29 is 25.2 Å². The minimum Gasteiger partial charge on any atom is -0.394 e. The first-order chi connectivity index (χ1) is 6.61. The van der Waals surface area contributed by atoms with Crippen LogP contribution >= 0.6 is 11.8 Å². The van der Waals surface area contributed by atoms with E-state index in [1.54, 1.807) is 0 Å². The molecule has 0 aromatic carbocycles. The molecule has 0 amide bonds. The molecule has 5 atom stereocenters. The molecule has 1 heterocycles. The molecule has 0 bridgehead atoms. The van der Waals surface area contributed by atoms with Crippen molar-refractivity contribution in [1.82, 2.24) is 0 Å². The maximum Gasteiger partial charge on any atom is 0.132 e. The predicted molar refractivity (Wildman–Crippen MR) is 51.9 cm³/mol. The molecule has 6 heteroatoms. The Balaban J connectivity index is 2.63. The second kappa shape index (κ2) is 5.29. The van der Waals surface area contributed by atoms with E-state index in [1.165, 1.54) is 11.8 Å². The van der Waals surface area contributed by atoms with Gasteiger partial charge in [-0.05, 0) is 5.75 Å². The summed E-state index contributed by atoms with van der Waals surface area (Å²) in [5, 5.41) is 37.2. The highest BCUT2D eigenvalue weighted by Crippen LogP contribution is 2.27. The van der Waals surface area contributed by atoms with Gasteiger partial charge in [0.25, 0.3) is 0 Å². The van der Waals surface area contributed by atoms with E-state index < -0.39 is 29.9 Å². The first kappa shape index (κ1) is 12.2. The SMILES string of the molecule is CCS[C@@H]1OC(CO)[C@H](O)[C@H](O)C1O. The van der Waals surface area contributed by atoms with E-state index in [0.717, 1.165) is 5.75 Å². The molecular formula is C8H16O5S. The van der Waals surface area contributed by atoms with Gasteiger partial charge in [-0.2, -0.15) is 0 Å². The van der Waals surface area contributed by atoms with Crippen LogP contribution in [0.25, 0.3) is 0 Å². The summed E-state index contributed by atoms with van der Waals surface area (Å²) in [5.41, 5.74) is -0.587. The van der Waals surface area contributed by atoms with E-state index in [0.29, 0.717) is 0 Å². The summed E-state index contributed by atoms with van der Waals surface area (Å²) >= 11 is 1.33. The third-order valence-electron chi connectivity index (χ3n) is 2.18. The summed E-state index contributed by atoms with van der Waals surface area (Å²) in [6.07, 6.45) is -4.43. The van der Waals surface area contributed by atoms with Crippen LogP contribution in [0.4, 0.5) is 0 Å². The van der Waals surface area contributed by atoms with Crippen molar-refractivity contribution in [2.24, 2.45) is 0 Å². The highest BCUT2D eigenvalue weighted by atomic mass is 32.2. The lowest BCUT2D eigenvalue weighted by atomic mass is 10.0. The van der Waals surface area contributed by atoms with Crippen LogP contribution in [-0.2, 0) is 4.74 Å². The Morgan fingerprint density at radius 3 is 2.29 bits per heavy atom. The molecule has 1 fully saturated rings. The van der Waals surface area contributed by atoms with Crippen molar-refractivity contribution in [2.45, 2.75) is 36.8 Å². The third kappa shape index (κ3) is 2.39. The van der Waals surface area contributed by atoms with Gasteiger partial charge in [0.05, 0.1) is 6.61 Å². The van der Waals surface area contributed by atoms with Gasteiger partial charge in [0.1, 0.15) is 29.9 Å². The van der Waals surface area contributed by atoms with Gasteiger partial charge in [-0.25, -0.2) is 0 Å². The Morgan fingerprint density at radius 2 is 1.79 bits per heavy atom. The summed E-state index contributed by atoms with van der Waals surface area (Å²) in [6.45, 7) is 1.53. The lowest BCUT2D eigenvalue weighted by molar-refractivity contribution is -0.205. The third-order valence-corrected chi connectivity index (χ3v) is 3.23. The number of thioether (sulfide) groups is 1. The van der Waals surface area contributed by atoms with Crippen molar-refractivity contribution in [3.8, 4) is 0 Å². The van der Waals surface area contributed by atoms with Gasteiger partial charge < -0.3 is 25.2 Å². The van der Waals surface area contributed by atoms with Gasteiger partial charge in [-0.1, -0.05) is 6.92 Å². The van der Waals surface area contributed by atoms with E-state index >= 15 is 0 Å². The molecule has 0 saturated carbocycles. The van der Waals surface area contributed by atoms with E-state index in [-0.39, 0.29) is 6.61 Å². The molecule has 0 aromatic rings. The predicted octanol–water partition coefficient (Wildman–Crippen LogP) is -1.46. The van der Waals surface area contributed by atoms with Gasteiger partial charge in [0.15, 0.2) is 0 Å². The van der Waals surface area contributed by atoms with Crippen LogP contribution in [0, 0.1) is 0 Å². The van der Waals surface area contributed by atoms with Gasteiger partial charge in [-0.15, -0.1) is 11.8 Å². The van der Waals surface area contributed by atoms with Gasteiger partial charge in [0.2, 0.25) is 0 Å². The minimum atomic E-state index is -1.26. The molecule has 0 aliphatic carbocycles. The standard InChI is InChI=1S/C8H16O5S/c1-2-14-8-7(12)6(11)5(10)4(3-9)13-8/h4-12H,2-3H2,1H3/t4?,5-,6-,7?,8-/m0/s1. The Morgan fingerprint density at radius 1 is 1.14 bits per heavy atom. The lowest BCUT2D eigenvalue weighted by Gasteiger charge is -2.39. The van der Waals surface area contributed by atoms with Crippen LogP contribution in [0.2, 0.25) is 0 Å². The van der Waals surface area contributed by atoms with Crippen molar-refractivity contribution >= 4 is 11.8 Å². The number of rotatable bonds is 3. The van der Waals surface area contributed by atoms with Crippen LogP contribution in [0.15, 0.2) is 0 Å². The highest BCUT2D eigenvalue weighted by molar-refractivity contribution is 7.99. The fraction of sp³-hybridized carbons (Fsp3) is 1.00. The number of ether oxygens (including phenoxy) is 1. The maximum absolute atomic E-state index is 9.51. The fourth-order valence-electron chi connectivity index (χ4n) is 1.37. The molecule has 1 aliphatic rings. The summed E-state index contributed by atoms with van der Waals surface area (Å²) in [5.74, 6) is 0.725. The van der Waals surface area contributed by atoms with Crippen LogP contribution in [0.1, 0.15) is 6.92 Å². The fourth-order valence-corrected chi connectivity index (χ4v) is 2.28. The molecule has 1 rings (SSSR count). The molecule has 1 aliphatic heterocycles. The quantitative estimate of drug-likeness (QED) is 0.468. The number of hydrogen-bond donors (Lipinski definition) is 4. The van der Waals surface area contributed by atoms with E-state index in [4.69, 9.17) is 9.84 Å². The van der Waals surface area contributed by atoms with Crippen molar-refractivity contribution in [1.29, 1.82) is 0 Å². The zero-order chi connectivity index (χ0) is 10.7. The topological polar surface area (TPSA) is 90.2 Å². The van der Waals surface area contributed by atoms with Gasteiger partial charge in [-0.3, -0.25) is 0 Å². The maximum atomic E-state index is 9.51. The molecule has 0 aromatic heterocycles. The van der Waals surface area contributed by atoms with Crippen molar-refractivity contribution in [2.75, 3.05) is 12.4 Å².